The number of H-pyrrole nitrogens is 1. The van der Waals surface area contributed by atoms with Crippen molar-refractivity contribution in [2.24, 2.45) is 0 Å². The van der Waals surface area contributed by atoms with Crippen LogP contribution in [0.2, 0.25) is 5.02 Å². The summed E-state index contributed by atoms with van der Waals surface area (Å²) in [6.45, 7) is 0. The number of hydrogen-bond acceptors (Lipinski definition) is 3. The lowest BCUT2D eigenvalue weighted by molar-refractivity contribution is 0.102. The fraction of sp³-hybridized carbons (Fsp3) is 0.0476. The maximum absolute atomic E-state index is 14.3. The molecule has 1 heterocycles. The first kappa shape index (κ1) is 18.0. The number of halogens is 2. The van der Waals surface area contributed by atoms with Crippen LogP contribution < -0.4 is 10.1 Å². The number of aromatic amines is 1. The van der Waals surface area contributed by atoms with Crippen molar-refractivity contribution in [3.05, 3.63) is 77.1 Å². The van der Waals surface area contributed by atoms with Gasteiger partial charge in [-0.2, -0.15) is 0 Å². The third-order valence-electron chi connectivity index (χ3n) is 4.26. The lowest BCUT2D eigenvalue weighted by Crippen LogP contribution is -2.11. The van der Waals surface area contributed by atoms with Crippen LogP contribution in [-0.2, 0) is 0 Å². The summed E-state index contributed by atoms with van der Waals surface area (Å²) < 4.78 is 19.6. The highest BCUT2D eigenvalue weighted by Gasteiger charge is 2.16. The molecule has 2 N–H and O–H groups in total. The van der Waals surface area contributed by atoms with E-state index in [0.29, 0.717) is 38.9 Å². The van der Waals surface area contributed by atoms with E-state index in [-0.39, 0.29) is 11.5 Å². The number of benzene rings is 3. The molecule has 4 rings (SSSR count). The highest BCUT2D eigenvalue weighted by atomic mass is 35.5. The highest BCUT2D eigenvalue weighted by molar-refractivity contribution is 6.31. The molecule has 7 heteroatoms. The normalized spacial score (nSPS) is 10.8. The Hall–Kier alpha value is -3.38. The Bertz CT molecular complexity index is 1190. The predicted octanol–water partition coefficient (Wildman–Crippen LogP) is 5.28. The molecule has 0 saturated carbocycles. The van der Waals surface area contributed by atoms with Crippen LogP contribution >= 0.6 is 11.6 Å². The van der Waals surface area contributed by atoms with Crippen molar-refractivity contribution >= 4 is 34.2 Å². The molecule has 0 unspecified atom stereocenters. The largest absolute Gasteiger partial charge is 0.496 e. The van der Waals surface area contributed by atoms with Crippen LogP contribution in [-0.4, -0.2) is 23.0 Å². The van der Waals surface area contributed by atoms with Gasteiger partial charge in [-0.1, -0.05) is 23.7 Å². The minimum atomic E-state index is -0.447. The Balaban J connectivity index is 1.68. The van der Waals surface area contributed by atoms with Gasteiger partial charge >= 0.3 is 0 Å². The molecule has 0 atom stereocenters. The zero-order valence-corrected chi connectivity index (χ0v) is 15.5. The molecular formula is C21H15ClFN3O2. The van der Waals surface area contributed by atoms with E-state index in [2.05, 4.69) is 15.3 Å². The van der Waals surface area contributed by atoms with Crippen LogP contribution in [0.5, 0.6) is 5.75 Å². The van der Waals surface area contributed by atoms with Gasteiger partial charge in [0.2, 0.25) is 0 Å². The molecule has 0 aliphatic rings. The van der Waals surface area contributed by atoms with E-state index in [9.17, 15) is 9.18 Å². The molecule has 0 bridgehead atoms. The average molecular weight is 396 g/mol. The Labute approximate surface area is 165 Å². The van der Waals surface area contributed by atoms with Crippen molar-refractivity contribution in [3.63, 3.8) is 0 Å². The summed E-state index contributed by atoms with van der Waals surface area (Å²) in [4.78, 5) is 20.0. The number of nitrogens with one attached hydrogen (secondary N) is 2. The zero-order valence-electron chi connectivity index (χ0n) is 14.8. The zero-order chi connectivity index (χ0) is 19.7. The quantitative estimate of drug-likeness (QED) is 0.493. The van der Waals surface area contributed by atoms with E-state index in [0.717, 1.165) is 0 Å². The summed E-state index contributed by atoms with van der Waals surface area (Å²) in [6, 6.07) is 16.5. The second kappa shape index (κ2) is 7.32. The molecule has 0 spiro atoms. The third-order valence-corrected chi connectivity index (χ3v) is 4.49. The monoisotopic (exact) mass is 395 g/mol. The van der Waals surface area contributed by atoms with Gasteiger partial charge in [0.25, 0.3) is 5.91 Å². The van der Waals surface area contributed by atoms with Gasteiger partial charge in [0.1, 0.15) is 17.4 Å². The number of fused-ring (bicyclic) bond motifs is 1. The number of nitrogens with zero attached hydrogens (tertiary/aromatic N) is 1. The number of methoxy groups -OCH3 is 1. The number of imidazole rings is 1. The second-order valence-corrected chi connectivity index (χ2v) is 6.54. The van der Waals surface area contributed by atoms with Crippen LogP contribution in [0.15, 0.2) is 60.7 Å². The van der Waals surface area contributed by atoms with Gasteiger partial charge in [-0.3, -0.25) is 4.79 Å². The molecule has 0 radical (unpaired) electrons. The Morgan fingerprint density at radius 2 is 1.96 bits per heavy atom. The SMILES string of the molecule is COc1cccc(F)c1-c1nc2ccc(C(=O)Nc3cccc(Cl)c3)cc2[nH]1. The van der Waals surface area contributed by atoms with Crippen LogP contribution in [0.3, 0.4) is 0 Å². The molecule has 0 aliphatic heterocycles. The summed E-state index contributed by atoms with van der Waals surface area (Å²) >= 11 is 5.95. The summed E-state index contributed by atoms with van der Waals surface area (Å²) in [6.07, 6.45) is 0. The first-order valence-electron chi connectivity index (χ1n) is 8.45. The molecular weight excluding hydrogens is 381 g/mol. The van der Waals surface area contributed by atoms with Gasteiger partial charge in [0, 0.05) is 16.3 Å². The molecule has 3 aromatic carbocycles. The number of hydrogen-bond donors (Lipinski definition) is 2. The summed E-state index contributed by atoms with van der Waals surface area (Å²) in [5.41, 5.74) is 2.49. The predicted molar refractivity (Wildman–Crippen MR) is 107 cm³/mol. The van der Waals surface area contributed by atoms with Crippen LogP contribution in [0.1, 0.15) is 10.4 Å². The first-order valence-corrected chi connectivity index (χ1v) is 8.82. The van der Waals surface area contributed by atoms with Crippen LogP contribution in [0.4, 0.5) is 10.1 Å². The summed E-state index contributed by atoms with van der Waals surface area (Å²) in [7, 11) is 1.47. The average Bonchev–Trinajstić information content (AvgIpc) is 3.10. The van der Waals surface area contributed by atoms with Gasteiger partial charge in [0.05, 0.1) is 23.7 Å². The highest BCUT2D eigenvalue weighted by Crippen LogP contribution is 2.32. The number of rotatable bonds is 4. The van der Waals surface area contributed by atoms with Gasteiger partial charge < -0.3 is 15.0 Å². The van der Waals surface area contributed by atoms with E-state index in [1.807, 2.05) is 0 Å². The lowest BCUT2D eigenvalue weighted by atomic mass is 10.2. The maximum atomic E-state index is 14.3. The first-order chi connectivity index (χ1) is 13.5. The third kappa shape index (κ3) is 3.42. The minimum absolute atomic E-state index is 0.242. The molecule has 1 aromatic heterocycles. The number of carbonyl (C=O) groups excluding carboxylic acids is 1. The molecule has 0 fully saturated rings. The molecule has 1 amide bonds. The molecule has 28 heavy (non-hydrogen) atoms. The van der Waals surface area contributed by atoms with E-state index in [1.54, 1.807) is 54.6 Å². The van der Waals surface area contributed by atoms with Crippen LogP contribution in [0, 0.1) is 5.82 Å². The van der Waals surface area contributed by atoms with Crippen molar-refractivity contribution in [1.29, 1.82) is 0 Å². The number of anilines is 1. The fourth-order valence-corrected chi connectivity index (χ4v) is 3.13. The van der Waals surface area contributed by atoms with Crippen molar-refractivity contribution in [1.82, 2.24) is 9.97 Å². The molecule has 5 nitrogen and oxygen atoms in total. The Morgan fingerprint density at radius 1 is 1.14 bits per heavy atom. The van der Waals surface area contributed by atoms with E-state index in [1.165, 1.54) is 13.2 Å². The van der Waals surface area contributed by atoms with Crippen molar-refractivity contribution in [2.45, 2.75) is 0 Å². The summed E-state index contributed by atoms with van der Waals surface area (Å²) in [5.74, 6) is -0.0311. The van der Waals surface area contributed by atoms with Crippen molar-refractivity contribution < 1.29 is 13.9 Å². The fourth-order valence-electron chi connectivity index (χ4n) is 2.94. The Kier molecular flexibility index (Phi) is 4.71. The summed E-state index contributed by atoms with van der Waals surface area (Å²) in [5, 5.41) is 3.32. The van der Waals surface area contributed by atoms with Crippen LogP contribution in [0.25, 0.3) is 22.4 Å². The molecule has 0 saturated heterocycles. The molecule has 0 aliphatic carbocycles. The lowest BCUT2D eigenvalue weighted by Gasteiger charge is -2.06. The topological polar surface area (TPSA) is 67.0 Å². The van der Waals surface area contributed by atoms with E-state index >= 15 is 0 Å². The van der Waals surface area contributed by atoms with Gasteiger partial charge in [0.15, 0.2) is 0 Å². The van der Waals surface area contributed by atoms with Crippen molar-refractivity contribution in [3.8, 4) is 17.1 Å². The number of amides is 1. The van der Waals surface area contributed by atoms with Crippen molar-refractivity contribution in [2.75, 3.05) is 12.4 Å². The molecule has 4 aromatic rings. The second-order valence-electron chi connectivity index (χ2n) is 6.10. The Morgan fingerprint density at radius 3 is 2.75 bits per heavy atom. The number of ether oxygens (including phenoxy) is 1. The smallest absolute Gasteiger partial charge is 0.255 e. The van der Waals surface area contributed by atoms with E-state index < -0.39 is 5.82 Å². The maximum Gasteiger partial charge on any atom is 0.255 e. The van der Waals surface area contributed by atoms with Gasteiger partial charge in [-0.05, 0) is 48.5 Å². The minimum Gasteiger partial charge on any atom is -0.496 e. The molecule has 140 valence electrons. The number of carbonyl (C=O) groups is 1. The van der Waals surface area contributed by atoms with Gasteiger partial charge in [-0.15, -0.1) is 0 Å². The van der Waals surface area contributed by atoms with Gasteiger partial charge in [-0.25, -0.2) is 9.37 Å². The standard InChI is InChI=1S/C21H15ClFN3O2/c1-28-18-7-3-6-15(23)19(18)20-25-16-9-8-12(10-17(16)26-20)21(27)24-14-5-2-4-13(22)11-14/h2-11H,1H3,(H,24,27)(H,25,26). The van der Waals surface area contributed by atoms with E-state index in [4.69, 9.17) is 16.3 Å². The number of aromatic nitrogens is 2.